The molecule has 2 nitrogen and oxygen atoms in total. The Morgan fingerprint density at radius 3 is 2.29 bits per heavy atom. The van der Waals surface area contributed by atoms with Crippen LogP contribution in [0.2, 0.25) is 5.02 Å². The summed E-state index contributed by atoms with van der Waals surface area (Å²) in [5.74, 6) is 0. The van der Waals surface area contributed by atoms with Gasteiger partial charge in [0, 0.05) is 6.20 Å². The lowest BCUT2D eigenvalue weighted by Crippen LogP contribution is -2.02. The molecule has 0 saturated heterocycles. The van der Waals surface area contributed by atoms with Crippen molar-refractivity contribution in [2.45, 2.75) is 20.0 Å². The van der Waals surface area contributed by atoms with E-state index in [9.17, 15) is 5.11 Å². The number of hydrogen-bond acceptors (Lipinski definition) is 2. The van der Waals surface area contributed by atoms with Crippen LogP contribution in [0.15, 0.2) is 36.5 Å². The number of aliphatic hydroxyl groups is 1. The Morgan fingerprint density at radius 1 is 1.12 bits per heavy atom. The van der Waals surface area contributed by atoms with Crippen LogP contribution in [0.1, 0.15) is 28.5 Å². The van der Waals surface area contributed by atoms with E-state index < -0.39 is 6.10 Å². The van der Waals surface area contributed by atoms with Gasteiger partial charge in [0.05, 0.1) is 10.7 Å². The fourth-order valence-corrected chi connectivity index (χ4v) is 2.00. The third kappa shape index (κ3) is 2.84. The SMILES string of the molecule is Cc1cc(C)cc(C(O)c2ccc(Cl)cn2)c1. The van der Waals surface area contributed by atoms with E-state index >= 15 is 0 Å². The van der Waals surface area contributed by atoms with Crippen LogP contribution >= 0.6 is 11.6 Å². The zero-order valence-electron chi connectivity index (χ0n) is 9.81. The number of aliphatic hydroxyl groups excluding tert-OH is 1. The second kappa shape index (κ2) is 4.86. The van der Waals surface area contributed by atoms with Gasteiger partial charge in [-0.25, -0.2) is 0 Å². The third-order valence-electron chi connectivity index (χ3n) is 2.59. The molecule has 0 radical (unpaired) electrons. The summed E-state index contributed by atoms with van der Waals surface area (Å²) < 4.78 is 0. The number of benzene rings is 1. The Kier molecular flexibility index (Phi) is 3.46. The molecule has 0 aliphatic carbocycles. The lowest BCUT2D eigenvalue weighted by molar-refractivity contribution is 0.215. The van der Waals surface area contributed by atoms with Crippen molar-refractivity contribution in [2.75, 3.05) is 0 Å². The number of halogens is 1. The molecule has 0 bridgehead atoms. The van der Waals surface area contributed by atoms with Gasteiger partial charge in [-0.3, -0.25) is 4.98 Å². The topological polar surface area (TPSA) is 33.1 Å². The molecule has 0 aliphatic heterocycles. The molecule has 3 heteroatoms. The molecule has 0 saturated carbocycles. The van der Waals surface area contributed by atoms with Crippen LogP contribution in [0.5, 0.6) is 0 Å². The minimum absolute atomic E-state index is 0.571. The van der Waals surface area contributed by atoms with Gasteiger partial charge in [0.15, 0.2) is 0 Å². The van der Waals surface area contributed by atoms with E-state index in [4.69, 9.17) is 11.6 Å². The molecule has 1 N–H and O–H groups in total. The largest absolute Gasteiger partial charge is 0.382 e. The van der Waals surface area contributed by atoms with Crippen molar-refractivity contribution in [1.29, 1.82) is 0 Å². The quantitative estimate of drug-likeness (QED) is 0.882. The average molecular weight is 248 g/mol. The van der Waals surface area contributed by atoms with Crippen molar-refractivity contribution in [3.8, 4) is 0 Å². The van der Waals surface area contributed by atoms with E-state index in [1.54, 1.807) is 18.3 Å². The van der Waals surface area contributed by atoms with Gasteiger partial charge >= 0.3 is 0 Å². The molecule has 0 aliphatic rings. The number of aromatic nitrogens is 1. The van der Waals surface area contributed by atoms with Crippen LogP contribution in [-0.2, 0) is 0 Å². The molecule has 1 aromatic carbocycles. The van der Waals surface area contributed by atoms with Gasteiger partial charge in [-0.1, -0.05) is 40.9 Å². The molecule has 1 aromatic heterocycles. The van der Waals surface area contributed by atoms with Gasteiger partial charge in [-0.05, 0) is 31.5 Å². The van der Waals surface area contributed by atoms with Gasteiger partial charge in [0.25, 0.3) is 0 Å². The maximum Gasteiger partial charge on any atom is 0.121 e. The average Bonchev–Trinajstić information content (AvgIpc) is 2.28. The highest BCUT2D eigenvalue weighted by Crippen LogP contribution is 2.23. The van der Waals surface area contributed by atoms with Crippen molar-refractivity contribution in [1.82, 2.24) is 4.98 Å². The molecule has 1 atom stereocenters. The first kappa shape index (κ1) is 12.1. The highest BCUT2D eigenvalue weighted by molar-refractivity contribution is 6.30. The number of nitrogens with zero attached hydrogens (tertiary/aromatic N) is 1. The summed E-state index contributed by atoms with van der Waals surface area (Å²) in [5, 5.41) is 10.8. The lowest BCUT2D eigenvalue weighted by atomic mass is 10.0. The molecule has 1 unspecified atom stereocenters. The Morgan fingerprint density at radius 2 is 1.76 bits per heavy atom. The zero-order chi connectivity index (χ0) is 12.4. The van der Waals surface area contributed by atoms with E-state index in [-0.39, 0.29) is 0 Å². The maximum absolute atomic E-state index is 10.2. The number of pyridine rings is 1. The first-order valence-electron chi connectivity index (χ1n) is 5.44. The lowest BCUT2D eigenvalue weighted by Gasteiger charge is -2.12. The Balaban J connectivity index is 2.36. The molecular formula is C14H14ClNO. The number of aryl methyl sites for hydroxylation is 2. The smallest absolute Gasteiger partial charge is 0.121 e. The van der Waals surface area contributed by atoms with Crippen LogP contribution in [0.3, 0.4) is 0 Å². The Labute approximate surface area is 106 Å². The van der Waals surface area contributed by atoms with Crippen molar-refractivity contribution >= 4 is 11.6 Å². The highest BCUT2D eigenvalue weighted by Gasteiger charge is 2.12. The molecule has 0 fully saturated rings. The minimum Gasteiger partial charge on any atom is -0.382 e. The predicted octanol–water partition coefficient (Wildman–Crippen LogP) is 3.43. The van der Waals surface area contributed by atoms with Crippen molar-refractivity contribution in [3.63, 3.8) is 0 Å². The van der Waals surface area contributed by atoms with Gasteiger partial charge < -0.3 is 5.11 Å². The third-order valence-corrected chi connectivity index (χ3v) is 2.81. The molecular weight excluding hydrogens is 234 g/mol. The molecule has 1 heterocycles. The van der Waals surface area contributed by atoms with Crippen molar-refractivity contribution in [2.24, 2.45) is 0 Å². The standard InChI is InChI=1S/C14H14ClNO/c1-9-5-10(2)7-11(6-9)14(17)13-4-3-12(15)8-16-13/h3-8,14,17H,1-2H3. The normalized spacial score (nSPS) is 12.5. The summed E-state index contributed by atoms with van der Waals surface area (Å²) >= 11 is 5.77. The molecule has 0 amide bonds. The molecule has 17 heavy (non-hydrogen) atoms. The maximum atomic E-state index is 10.2. The summed E-state index contributed by atoms with van der Waals surface area (Å²) in [6.07, 6.45) is 0.842. The van der Waals surface area contributed by atoms with Crippen LogP contribution < -0.4 is 0 Å². The van der Waals surface area contributed by atoms with Crippen LogP contribution in [0.25, 0.3) is 0 Å². The number of rotatable bonds is 2. The molecule has 0 spiro atoms. The van der Waals surface area contributed by atoms with Gasteiger partial charge in [-0.2, -0.15) is 0 Å². The predicted molar refractivity (Wildman–Crippen MR) is 69.2 cm³/mol. The van der Waals surface area contributed by atoms with Crippen molar-refractivity contribution < 1.29 is 5.11 Å². The summed E-state index contributed by atoms with van der Waals surface area (Å²) in [5.41, 5.74) is 3.73. The van der Waals surface area contributed by atoms with Crippen molar-refractivity contribution in [3.05, 3.63) is 63.9 Å². The van der Waals surface area contributed by atoms with E-state index in [1.165, 1.54) is 0 Å². The monoisotopic (exact) mass is 247 g/mol. The first-order chi connectivity index (χ1) is 8.06. The van der Waals surface area contributed by atoms with Crippen LogP contribution in [0, 0.1) is 13.8 Å². The summed E-state index contributed by atoms with van der Waals surface area (Å²) in [4.78, 5) is 4.13. The van der Waals surface area contributed by atoms with Gasteiger partial charge in [0.2, 0.25) is 0 Å². The van der Waals surface area contributed by atoms with Gasteiger partial charge in [0.1, 0.15) is 6.10 Å². The molecule has 2 aromatic rings. The molecule has 2 rings (SSSR count). The van der Waals surface area contributed by atoms with E-state index in [0.29, 0.717) is 10.7 Å². The summed E-state index contributed by atoms with van der Waals surface area (Å²) in [6, 6.07) is 9.48. The fourth-order valence-electron chi connectivity index (χ4n) is 1.89. The minimum atomic E-state index is -0.703. The first-order valence-corrected chi connectivity index (χ1v) is 5.82. The molecule has 88 valence electrons. The van der Waals surface area contributed by atoms with E-state index in [1.807, 2.05) is 26.0 Å². The fraction of sp³-hybridized carbons (Fsp3) is 0.214. The highest BCUT2D eigenvalue weighted by atomic mass is 35.5. The number of hydrogen-bond donors (Lipinski definition) is 1. The van der Waals surface area contributed by atoms with Crippen LogP contribution in [0.4, 0.5) is 0 Å². The second-order valence-corrected chi connectivity index (χ2v) is 4.66. The Bertz CT molecular complexity index is 502. The van der Waals surface area contributed by atoms with Crippen LogP contribution in [-0.4, -0.2) is 10.1 Å². The zero-order valence-corrected chi connectivity index (χ0v) is 10.6. The van der Waals surface area contributed by atoms with Gasteiger partial charge in [-0.15, -0.1) is 0 Å². The second-order valence-electron chi connectivity index (χ2n) is 4.22. The summed E-state index contributed by atoms with van der Waals surface area (Å²) in [7, 11) is 0. The van der Waals surface area contributed by atoms with E-state index in [2.05, 4.69) is 11.1 Å². The summed E-state index contributed by atoms with van der Waals surface area (Å²) in [6.45, 7) is 4.02. The Hall–Kier alpha value is -1.38. The van der Waals surface area contributed by atoms with E-state index in [0.717, 1.165) is 16.7 Å².